The van der Waals surface area contributed by atoms with E-state index in [0.717, 1.165) is 23.9 Å². The molecule has 1 aromatic heterocycles. The third-order valence-corrected chi connectivity index (χ3v) is 4.14. The second-order valence-corrected chi connectivity index (χ2v) is 6.05. The Labute approximate surface area is 142 Å². The molecule has 0 spiro atoms. The minimum atomic E-state index is -0.268. The molecule has 1 heterocycles. The lowest BCUT2D eigenvalue weighted by molar-refractivity contribution is -0.122. The van der Waals surface area contributed by atoms with Crippen LogP contribution < -0.4 is 10.6 Å². The van der Waals surface area contributed by atoms with Gasteiger partial charge >= 0.3 is 0 Å². The highest BCUT2D eigenvalue weighted by Crippen LogP contribution is 2.20. The molecule has 0 aliphatic heterocycles. The van der Waals surface area contributed by atoms with Crippen LogP contribution >= 0.6 is 0 Å². The summed E-state index contributed by atoms with van der Waals surface area (Å²) >= 11 is 0. The third-order valence-electron chi connectivity index (χ3n) is 4.14. The molecule has 0 unspecified atom stereocenters. The summed E-state index contributed by atoms with van der Waals surface area (Å²) in [6.07, 6.45) is 1.81. The first-order chi connectivity index (χ1) is 11.5. The van der Waals surface area contributed by atoms with Crippen molar-refractivity contribution in [2.45, 2.75) is 59.2 Å². The van der Waals surface area contributed by atoms with Gasteiger partial charge in [-0.1, -0.05) is 26.0 Å². The van der Waals surface area contributed by atoms with E-state index in [0.29, 0.717) is 5.82 Å². The zero-order valence-corrected chi connectivity index (χ0v) is 14.8. The number of nitrogens with zero attached hydrogens (tertiary/aromatic N) is 2. The van der Waals surface area contributed by atoms with Crippen LogP contribution in [-0.4, -0.2) is 27.4 Å². The molecule has 0 saturated heterocycles. The first-order valence-corrected chi connectivity index (χ1v) is 8.47. The van der Waals surface area contributed by atoms with Gasteiger partial charge in [0.25, 0.3) is 0 Å². The van der Waals surface area contributed by atoms with Gasteiger partial charge in [-0.25, -0.2) is 4.98 Å². The fraction of sp³-hybridized carbons (Fsp3) is 0.500. The molecule has 2 aromatic rings. The smallest absolute Gasteiger partial charge is 0.240 e. The molecule has 6 heteroatoms. The molecule has 0 aliphatic rings. The number of carbonyl (C=O) groups is 2. The molecule has 0 aliphatic carbocycles. The number of imidazole rings is 1. The largest absolute Gasteiger partial charge is 0.352 e. The van der Waals surface area contributed by atoms with Crippen molar-refractivity contribution >= 4 is 22.8 Å². The summed E-state index contributed by atoms with van der Waals surface area (Å²) in [5.74, 6) is 0.525. The fourth-order valence-electron chi connectivity index (χ4n) is 2.87. The first-order valence-electron chi connectivity index (χ1n) is 8.47. The first kappa shape index (κ1) is 18.0. The number of rotatable bonds is 7. The number of fused-ring (bicyclic) bond motifs is 1. The molecule has 0 bridgehead atoms. The highest BCUT2D eigenvalue weighted by Gasteiger charge is 2.19. The summed E-state index contributed by atoms with van der Waals surface area (Å²) in [6, 6.07) is 7.60. The highest BCUT2D eigenvalue weighted by molar-refractivity contribution is 5.81. The van der Waals surface area contributed by atoms with Crippen LogP contribution in [0, 0.1) is 0 Å². The lowest BCUT2D eigenvalue weighted by Gasteiger charge is -2.18. The quantitative estimate of drug-likeness (QED) is 0.819. The zero-order chi connectivity index (χ0) is 17.7. The second kappa shape index (κ2) is 7.95. The van der Waals surface area contributed by atoms with Gasteiger partial charge in [-0.2, -0.15) is 0 Å². The number of hydrogen-bond acceptors (Lipinski definition) is 3. The van der Waals surface area contributed by atoms with Crippen molar-refractivity contribution in [1.29, 1.82) is 0 Å². The number of carbonyl (C=O) groups excluding carboxylic acids is 2. The molecule has 1 atom stereocenters. The number of para-hydroxylation sites is 2. The van der Waals surface area contributed by atoms with E-state index < -0.39 is 0 Å². The SMILES string of the molecule is CCC(CC)NC(=O)Cn1c([C@@H](C)NC(C)=O)nc2ccccc21. The van der Waals surface area contributed by atoms with Gasteiger partial charge in [0.15, 0.2) is 0 Å². The van der Waals surface area contributed by atoms with E-state index in [4.69, 9.17) is 0 Å². The minimum absolute atomic E-state index is 0.0388. The predicted octanol–water partition coefficient (Wildman–Crippen LogP) is 2.54. The van der Waals surface area contributed by atoms with Gasteiger partial charge < -0.3 is 15.2 Å². The van der Waals surface area contributed by atoms with Crippen molar-refractivity contribution in [3.8, 4) is 0 Å². The summed E-state index contributed by atoms with van der Waals surface area (Å²) in [6.45, 7) is 7.66. The summed E-state index contributed by atoms with van der Waals surface area (Å²) < 4.78 is 1.88. The zero-order valence-electron chi connectivity index (χ0n) is 14.8. The van der Waals surface area contributed by atoms with Crippen LogP contribution in [0.4, 0.5) is 0 Å². The molecule has 0 radical (unpaired) electrons. The molecule has 0 saturated carbocycles. The number of nitrogens with one attached hydrogen (secondary N) is 2. The molecular formula is C18H26N4O2. The highest BCUT2D eigenvalue weighted by atomic mass is 16.2. The summed E-state index contributed by atoms with van der Waals surface area (Å²) in [7, 11) is 0. The van der Waals surface area contributed by atoms with E-state index in [-0.39, 0.29) is 30.4 Å². The van der Waals surface area contributed by atoms with Crippen LogP contribution in [0.15, 0.2) is 24.3 Å². The molecule has 6 nitrogen and oxygen atoms in total. The Morgan fingerprint density at radius 1 is 1.17 bits per heavy atom. The van der Waals surface area contributed by atoms with Crippen LogP contribution in [0.1, 0.15) is 52.4 Å². The molecule has 1 aromatic carbocycles. The minimum Gasteiger partial charge on any atom is -0.352 e. The average molecular weight is 330 g/mol. The van der Waals surface area contributed by atoms with Crippen LogP contribution in [0.5, 0.6) is 0 Å². The van der Waals surface area contributed by atoms with Crippen molar-refractivity contribution in [2.24, 2.45) is 0 Å². The fourth-order valence-corrected chi connectivity index (χ4v) is 2.87. The third kappa shape index (κ3) is 4.13. The Hall–Kier alpha value is -2.37. The van der Waals surface area contributed by atoms with Gasteiger partial charge in [0.2, 0.25) is 11.8 Å². The van der Waals surface area contributed by atoms with Crippen molar-refractivity contribution < 1.29 is 9.59 Å². The maximum absolute atomic E-state index is 12.4. The van der Waals surface area contributed by atoms with Crippen LogP contribution in [0.25, 0.3) is 11.0 Å². The Balaban J connectivity index is 2.32. The maximum atomic E-state index is 12.4. The van der Waals surface area contributed by atoms with E-state index in [1.54, 1.807) is 0 Å². The Bertz CT molecular complexity index is 719. The average Bonchev–Trinajstić information content (AvgIpc) is 2.91. The van der Waals surface area contributed by atoms with Crippen molar-refractivity contribution in [3.05, 3.63) is 30.1 Å². The van der Waals surface area contributed by atoms with Crippen molar-refractivity contribution in [1.82, 2.24) is 20.2 Å². The van der Waals surface area contributed by atoms with Crippen molar-refractivity contribution in [2.75, 3.05) is 0 Å². The van der Waals surface area contributed by atoms with Gasteiger partial charge in [-0.05, 0) is 31.9 Å². The molecular weight excluding hydrogens is 304 g/mol. The second-order valence-electron chi connectivity index (χ2n) is 6.05. The number of aromatic nitrogens is 2. The Morgan fingerprint density at radius 3 is 2.46 bits per heavy atom. The van der Waals surface area contributed by atoms with Gasteiger partial charge in [0, 0.05) is 13.0 Å². The van der Waals surface area contributed by atoms with E-state index >= 15 is 0 Å². The van der Waals surface area contributed by atoms with Crippen LogP contribution in [0.2, 0.25) is 0 Å². The van der Waals surface area contributed by atoms with Crippen LogP contribution in [0.3, 0.4) is 0 Å². The van der Waals surface area contributed by atoms with Crippen molar-refractivity contribution in [3.63, 3.8) is 0 Å². The number of amides is 2. The monoisotopic (exact) mass is 330 g/mol. The van der Waals surface area contributed by atoms with Gasteiger partial charge in [0.1, 0.15) is 12.4 Å². The summed E-state index contributed by atoms with van der Waals surface area (Å²) in [5, 5.41) is 5.89. The van der Waals surface area contributed by atoms with E-state index in [9.17, 15) is 9.59 Å². The van der Waals surface area contributed by atoms with Gasteiger partial charge in [0.05, 0.1) is 17.1 Å². The topological polar surface area (TPSA) is 76.0 Å². The maximum Gasteiger partial charge on any atom is 0.240 e. The lowest BCUT2D eigenvalue weighted by atomic mass is 10.2. The summed E-state index contributed by atoms with van der Waals surface area (Å²) in [4.78, 5) is 28.4. The standard InChI is InChI=1S/C18H26N4O2/c1-5-14(6-2)20-17(24)11-22-16-10-8-7-9-15(16)21-18(22)12(3)19-13(4)23/h7-10,12,14H,5-6,11H2,1-4H3,(H,19,23)(H,20,24)/t12-/m1/s1. The van der Waals surface area contributed by atoms with E-state index in [1.807, 2.05) is 35.8 Å². The van der Waals surface area contributed by atoms with E-state index in [1.165, 1.54) is 6.92 Å². The molecule has 2 amide bonds. The molecule has 0 fully saturated rings. The normalized spacial score (nSPS) is 12.4. The predicted molar refractivity (Wildman–Crippen MR) is 94.5 cm³/mol. The van der Waals surface area contributed by atoms with Gasteiger partial charge in [-0.15, -0.1) is 0 Å². The number of benzene rings is 1. The molecule has 2 N–H and O–H groups in total. The Kier molecular flexibility index (Phi) is 5.95. The van der Waals surface area contributed by atoms with Gasteiger partial charge in [-0.3, -0.25) is 9.59 Å². The number of hydrogen-bond donors (Lipinski definition) is 2. The molecule has 24 heavy (non-hydrogen) atoms. The Morgan fingerprint density at radius 2 is 1.83 bits per heavy atom. The molecule has 130 valence electrons. The lowest BCUT2D eigenvalue weighted by Crippen LogP contribution is -2.37. The van der Waals surface area contributed by atoms with E-state index in [2.05, 4.69) is 29.5 Å². The summed E-state index contributed by atoms with van der Waals surface area (Å²) in [5.41, 5.74) is 1.71. The molecule has 2 rings (SSSR count). The van der Waals surface area contributed by atoms with Crippen LogP contribution in [-0.2, 0) is 16.1 Å².